The molecule has 1 fully saturated rings. The van der Waals surface area contributed by atoms with Crippen molar-refractivity contribution < 1.29 is 12.8 Å². The van der Waals surface area contributed by atoms with E-state index in [1.807, 2.05) is 6.92 Å². The maximum Gasteiger partial charge on any atom is 0.244 e. The molecule has 0 radical (unpaired) electrons. The van der Waals surface area contributed by atoms with Gasteiger partial charge in [0.2, 0.25) is 10.0 Å². The van der Waals surface area contributed by atoms with Crippen LogP contribution in [0.5, 0.6) is 0 Å². The summed E-state index contributed by atoms with van der Waals surface area (Å²) < 4.78 is 40.3. The second kappa shape index (κ2) is 7.64. The van der Waals surface area contributed by atoms with Gasteiger partial charge < -0.3 is 5.73 Å². The lowest BCUT2D eigenvalue weighted by molar-refractivity contribution is 0.243. The van der Waals surface area contributed by atoms with E-state index in [9.17, 15) is 12.8 Å². The van der Waals surface area contributed by atoms with Gasteiger partial charge in [-0.1, -0.05) is 23.2 Å². The standard InChI is InChI=1S/C13H17Cl2FN2O2S.ClH/c1-8(17)9-3-2-6-18(7-9)21(19,20)11-5-4-10(14)13(16)12(11)15;/h4-5,8-9H,2-3,6-7,17H2,1H3;1H. The minimum absolute atomic E-state index is 0. The highest BCUT2D eigenvalue weighted by Crippen LogP contribution is 2.33. The van der Waals surface area contributed by atoms with Gasteiger partial charge in [-0.2, -0.15) is 4.31 Å². The Bertz CT molecular complexity index is 640. The van der Waals surface area contributed by atoms with Gasteiger partial charge in [0.1, 0.15) is 4.90 Å². The molecule has 1 aromatic rings. The summed E-state index contributed by atoms with van der Waals surface area (Å²) in [5.74, 6) is -0.829. The predicted molar refractivity (Wildman–Crippen MR) is 88.8 cm³/mol. The smallest absolute Gasteiger partial charge is 0.244 e. The van der Waals surface area contributed by atoms with Crippen molar-refractivity contribution >= 4 is 45.6 Å². The number of hydrogen-bond acceptors (Lipinski definition) is 3. The van der Waals surface area contributed by atoms with E-state index in [4.69, 9.17) is 28.9 Å². The maximum atomic E-state index is 13.7. The Morgan fingerprint density at radius 3 is 2.64 bits per heavy atom. The summed E-state index contributed by atoms with van der Waals surface area (Å²) >= 11 is 11.4. The number of halogens is 4. The summed E-state index contributed by atoms with van der Waals surface area (Å²) in [6.07, 6.45) is 1.60. The van der Waals surface area contributed by atoms with E-state index < -0.39 is 20.9 Å². The van der Waals surface area contributed by atoms with Gasteiger partial charge in [0, 0.05) is 19.1 Å². The Morgan fingerprint density at radius 1 is 1.41 bits per heavy atom. The first kappa shape index (κ1) is 19.9. The highest BCUT2D eigenvalue weighted by molar-refractivity contribution is 7.89. The number of hydrogen-bond donors (Lipinski definition) is 1. The lowest BCUT2D eigenvalue weighted by atomic mass is 9.93. The van der Waals surface area contributed by atoms with Crippen molar-refractivity contribution in [3.8, 4) is 0 Å². The predicted octanol–water partition coefficient (Wildman–Crippen LogP) is 3.30. The molecule has 0 amide bonds. The van der Waals surface area contributed by atoms with Gasteiger partial charge in [-0.05, 0) is 37.8 Å². The van der Waals surface area contributed by atoms with Crippen molar-refractivity contribution in [1.82, 2.24) is 4.31 Å². The molecule has 2 atom stereocenters. The van der Waals surface area contributed by atoms with E-state index in [1.165, 1.54) is 16.4 Å². The first-order chi connectivity index (χ1) is 9.75. The van der Waals surface area contributed by atoms with Crippen molar-refractivity contribution in [2.75, 3.05) is 13.1 Å². The van der Waals surface area contributed by atoms with E-state index >= 15 is 0 Å². The molecule has 1 saturated heterocycles. The molecule has 1 heterocycles. The molecule has 0 bridgehead atoms. The lowest BCUT2D eigenvalue weighted by Crippen LogP contribution is -2.45. The Labute approximate surface area is 146 Å². The van der Waals surface area contributed by atoms with Crippen LogP contribution in [0.1, 0.15) is 19.8 Å². The van der Waals surface area contributed by atoms with E-state index in [0.717, 1.165) is 12.8 Å². The van der Waals surface area contributed by atoms with Gasteiger partial charge >= 0.3 is 0 Å². The zero-order valence-electron chi connectivity index (χ0n) is 11.9. The number of nitrogens with zero attached hydrogens (tertiary/aromatic N) is 1. The van der Waals surface area contributed by atoms with Crippen LogP contribution in [0.15, 0.2) is 17.0 Å². The van der Waals surface area contributed by atoms with Crippen LogP contribution in [0.4, 0.5) is 4.39 Å². The lowest BCUT2D eigenvalue weighted by Gasteiger charge is -2.33. The summed E-state index contributed by atoms with van der Waals surface area (Å²) in [7, 11) is -3.85. The molecule has 2 rings (SSSR count). The first-order valence-electron chi connectivity index (χ1n) is 6.64. The minimum atomic E-state index is -3.85. The molecule has 0 spiro atoms. The van der Waals surface area contributed by atoms with Crippen LogP contribution < -0.4 is 5.73 Å². The van der Waals surface area contributed by atoms with Gasteiger partial charge in [-0.15, -0.1) is 12.4 Å². The molecule has 2 N–H and O–H groups in total. The topological polar surface area (TPSA) is 63.4 Å². The number of rotatable bonds is 3. The monoisotopic (exact) mass is 390 g/mol. The molecular formula is C13H18Cl3FN2O2S. The molecule has 1 aliphatic rings. The average molecular weight is 392 g/mol. The Morgan fingerprint density at radius 2 is 2.05 bits per heavy atom. The Kier molecular flexibility index (Phi) is 6.92. The fourth-order valence-corrected chi connectivity index (χ4v) is 4.72. The van der Waals surface area contributed by atoms with Crippen LogP contribution in [0.3, 0.4) is 0 Å². The van der Waals surface area contributed by atoms with Crippen LogP contribution in [-0.4, -0.2) is 31.9 Å². The molecule has 9 heteroatoms. The van der Waals surface area contributed by atoms with Crippen LogP contribution in [-0.2, 0) is 10.0 Å². The first-order valence-corrected chi connectivity index (χ1v) is 8.84. The summed E-state index contributed by atoms with van der Waals surface area (Å²) in [6, 6.07) is 2.33. The van der Waals surface area contributed by atoms with Crippen LogP contribution in [0, 0.1) is 11.7 Å². The third-order valence-electron chi connectivity index (χ3n) is 3.78. The van der Waals surface area contributed by atoms with Crippen molar-refractivity contribution in [2.45, 2.75) is 30.7 Å². The third-order valence-corrected chi connectivity index (χ3v) is 6.46. The minimum Gasteiger partial charge on any atom is -0.328 e. The zero-order valence-corrected chi connectivity index (χ0v) is 15.1. The molecule has 4 nitrogen and oxygen atoms in total. The van der Waals surface area contributed by atoms with Crippen molar-refractivity contribution in [1.29, 1.82) is 0 Å². The van der Waals surface area contributed by atoms with Crippen molar-refractivity contribution in [3.05, 3.63) is 28.0 Å². The molecule has 1 aliphatic heterocycles. The molecule has 1 aromatic carbocycles. The van der Waals surface area contributed by atoms with Gasteiger partial charge in [0.05, 0.1) is 10.0 Å². The van der Waals surface area contributed by atoms with E-state index in [-0.39, 0.29) is 34.3 Å². The SMILES string of the molecule is CC(N)C1CCCN(S(=O)(=O)c2ccc(Cl)c(F)c2Cl)C1.Cl. The fourth-order valence-electron chi connectivity index (χ4n) is 2.47. The largest absolute Gasteiger partial charge is 0.328 e. The summed E-state index contributed by atoms with van der Waals surface area (Å²) in [5, 5.41) is -0.670. The van der Waals surface area contributed by atoms with Gasteiger partial charge in [0.15, 0.2) is 5.82 Å². The van der Waals surface area contributed by atoms with Crippen molar-refractivity contribution in [2.24, 2.45) is 11.7 Å². The van der Waals surface area contributed by atoms with E-state index in [1.54, 1.807) is 0 Å². The molecule has 126 valence electrons. The molecular weight excluding hydrogens is 374 g/mol. The highest BCUT2D eigenvalue weighted by atomic mass is 35.5. The maximum absolute atomic E-state index is 13.7. The zero-order chi connectivity index (χ0) is 15.8. The highest BCUT2D eigenvalue weighted by Gasteiger charge is 2.33. The Balaban J connectivity index is 0.00000242. The van der Waals surface area contributed by atoms with Gasteiger partial charge in [-0.25, -0.2) is 12.8 Å². The number of piperidine rings is 1. The summed E-state index contributed by atoms with van der Waals surface area (Å²) in [5.41, 5.74) is 5.86. The van der Waals surface area contributed by atoms with Crippen LogP contribution in [0.25, 0.3) is 0 Å². The van der Waals surface area contributed by atoms with E-state index in [2.05, 4.69) is 0 Å². The molecule has 0 aromatic heterocycles. The Hall–Kier alpha value is -0.110. The third kappa shape index (κ3) is 3.86. The van der Waals surface area contributed by atoms with Crippen molar-refractivity contribution in [3.63, 3.8) is 0 Å². The second-order valence-electron chi connectivity index (χ2n) is 5.30. The fraction of sp³-hybridized carbons (Fsp3) is 0.538. The van der Waals surface area contributed by atoms with Gasteiger partial charge in [-0.3, -0.25) is 0 Å². The molecule has 0 saturated carbocycles. The molecule has 0 aliphatic carbocycles. The van der Waals surface area contributed by atoms with Crippen LogP contribution in [0.2, 0.25) is 10.0 Å². The quantitative estimate of drug-likeness (QED) is 0.804. The summed E-state index contributed by atoms with van der Waals surface area (Å²) in [4.78, 5) is -0.253. The van der Waals surface area contributed by atoms with Gasteiger partial charge in [0.25, 0.3) is 0 Å². The number of benzene rings is 1. The number of sulfonamides is 1. The number of nitrogens with two attached hydrogens (primary N) is 1. The second-order valence-corrected chi connectivity index (χ2v) is 7.99. The molecule has 2 unspecified atom stereocenters. The normalized spacial score (nSPS) is 21.2. The average Bonchev–Trinajstić information content (AvgIpc) is 2.44. The summed E-state index contributed by atoms with van der Waals surface area (Å²) in [6.45, 7) is 2.56. The van der Waals surface area contributed by atoms with Crippen LogP contribution >= 0.6 is 35.6 Å². The van der Waals surface area contributed by atoms with E-state index in [0.29, 0.717) is 13.1 Å². The molecule has 22 heavy (non-hydrogen) atoms.